The van der Waals surface area contributed by atoms with Gasteiger partial charge in [0, 0.05) is 25.6 Å². The molecular formula is C19H25N3O6. The van der Waals surface area contributed by atoms with Crippen LogP contribution in [0.3, 0.4) is 0 Å². The molecule has 4 atom stereocenters. The Hall–Kier alpha value is -2.65. The molecular weight excluding hydrogens is 366 g/mol. The number of likely N-dealkylation sites (tertiary alicyclic amines) is 2. The average Bonchev–Trinajstić information content (AvgIpc) is 3.17. The molecule has 152 valence electrons. The van der Waals surface area contributed by atoms with E-state index in [-0.39, 0.29) is 24.8 Å². The van der Waals surface area contributed by atoms with E-state index in [4.69, 9.17) is 15.1 Å². The van der Waals surface area contributed by atoms with E-state index in [1.165, 1.54) is 5.56 Å². The number of likely N-dealkylation sites (N-methyl/N-ethyl adjacent to an activating group) is 1. The number of benzene rings is 1. The van der Waals surface area contributed by atoms with Gasteiger partial charge in [-0.15, -0.1) is 0 Å². The number of piperidine rings is 1. The number of carbonyl (C=O) groups excluding carboxylic acids is 2. The van der Waals surface area contributed by atoms with Gasteiger partial charge in [0.15, 0.2) is 0 Å². The monoisotopic (exact) mass is 391 g/mol. The van der Waals surface area contributed by atoms with Gasteiger partial charge in [-0.2, -0.15) is 0 Å². The molecule has 2 aliphatic heterocycles. The number of hydrogen-bond donors (Lipinski definition) is 3. The van der Waals surface area contributed by atoms with Gasteiger partial charge in [0.2, 0.25) is 11.8 Å². The lowest BCUT2D eigenvalue weighted by Crippen LogP contribution is -2.60. The van der Waals surface area contributed by atoms with Crippen LogP contribution in [0.5, 0.6) is 0 Å². The van der Waals surface area contributed by atoms with Crippen molar-refractivity contribution in [2.24, 2.45) is 5.92 Å². The molecule has 0 saturated carbocycles. The fourth-order valence-corrected chi connectivity index (χ4v) is 4.30. The van der Waals surface area contributed by atoms with Gasteiger partial charge < -0.3 is 14.7 Å². The molecule has 9 nitrogen and oxygen atoms in total. The fourth-order valence-electron chi connectivity index (χ4n) is 4.30. The second-order valence-electron chi connectivity index (χ2n) is 7.39. The zero-order valence-corrected chi connectivity index (χ0v) is 15.7. The van der Waals surface area contributed by atoms with Crippen molar-refractivity contribution in [3.63, 3.8) is 0 Å². The molecule has 1 aromatic carbocycles. The first kappa shape index (κ1) is 20.1. The molecule has 0 aromatic heterocycles. The highest BCUT2D eigenvalue weighted by Crippen LogP contribution is 2.31. The molecule has 28 heavy (non-hydrogen) atoms. The molecule has 2 amide bonds. The van der Waals surface area contributed by atoms with Crippen molar-refractivity contribution < 1.29 is 29.4 Å². The summed E-state index contributed by atoms with van der Waals surface area (Å²) in [6, 6.07) is 9.20. The van der Waals surface area contributed by atoms with Gasteiger partial charge in [-0.1, -0.05) is 30.3 Å². The molecule has 0 spiro atoms. The number of nitrogens with zero attached hydrogens (tertiary/aromatic N) is 2. The van der Waals surface area contributed by atoms with Crippen LogP contribution in [0.4, 0.5) is 4.79 Å². The number of amides is 2. The van der Waals surface area contributed by atoms with Crippen molar-refractivity contribution in [3.8, 4) is 0 Å². The van der Waals surface area contributed by atoms with Crippen LogP contribution < -0.4 is 5.48 Å². The van der Waals surface area contributed by atoms with Crippen LogP contribution in [0.25, 0.3) is 0 Å². The highest BCUT2D eigenvalue weighted by molar-refractivity contribution is 5.90. The molecule has 0 aliphatic carbocycles. The largest absolute Gasteiger partial charge is 0.506 e. The minimum Gasteiger partial charge on any atom is -0.450 e. The fraction of sp³-hybridized carbons (Fsp3) is 0.526. The summed E-state index contributed by atoms with van der Waals surface area (Å²) < 4.78 is 4.80. The number of hydroxylamine groups is 1. The SMILES string of the molecule is CN1C[C@@H](OC(=O)O)C[C@H](C(=O)NO)[C@H]1C(=O)N1CC[C@H](c2ccccc2)C1. The van der Waals surface area contributed by atoms with Crippen molar-refractivity contribution >= 4 is 18.0 Å². The van der Waals surface area contributed by atoms with Crippen LogP contribution >= 0.6 is 0 Å². The molecule has 2 heterocycles. The summed E-state index contributed by atoms with van der Waals surface area (Å²) in [5.41, 5.74) is 2.78. The molecule has 3 N–H and O–H groups in total. The average molecular weight is 391 g/mol. The standard InChI is InChI=1S/C19H25N3O6/c1-21-11-14(28-19(25)26)9-15(17(23)20-27)16(21)18(24)22-8-7-13(10-22)12-5-3-2-4-6-12/h2-6,13-16,27H,7-11H2,1H3,(H,20,23)(H,25,26)/t13-,14-,15-,16-/m0/s1. The molecule has 9 heteroatoms. The number of nitrogens with one attached hydrogen (secondary N) is 1. The predicted molar refractivity (Wildman–Crippen MR) is 97.7 cm³/mol. The van der Waals surface area contributed by atoms with E-state index in [9.17, 15) is 14.4 Å². The first-order valence-corrected chi connectivity index (χ1v) is 9.28. The Balaban J connectivity index is 1.73. The molecule has 1 aromatic rings. The molecule has 0 bridgehead atoms. The lowest BCUT2D eigenvalue weighted by atomic mass is 9.86. The van der Waals surface area contributed by atoms with E-state index in [1.54, 1.807) is 22.3 Å². The van der Waals surface area contributed by atoms with Crippen molar-refractivity contribution in [1.29, 1.82) is 0 Å². The Morgan fingerprint density at radius 2 is 1.89 bits per heavy atom. The Bertz CT molecular complexity index is 728. The second-order valence-corrected chi connectivity index (χ2v) is 7.39. The maximum absolute atomic E-state index is 13.2. The van der Waals surface area contributed by atoms with Gasteiger partial charge in [-0.05, 0) is 25.5 Å². The summed E-state index contributed by atoms with van der Waals surface area (Å²) >= 11 is 0. The third-order valence-electron chi connectivity index (χ3n) is 5.60. The highest BCUT2D eigenvalue weighted by atomic mass is 16.7. The first-order valence-electron chi connectivity index (χ1n) is 9.28. The molecule has 2 aliphatic rings. The molecule has 2 saturated heterocycles. The Morgan fingerprint density at radius 3 is 2.54 bits per heavy atom. The number of carboxylic acid groups (broad SMARTS) is 1. The quantitative estimate of drug-likeness (QED) is 0.396. The molecule has 0 radical (unpaired) electrons. The van der Waals surface area contributed by atoms with Crippen molar-refractivity contribution in [2.45, 2.75) is 30.9 Å². The van der Waals surface area contributed by atoms with Crippen LogP contribution in [0.15, 0.2) is 30.3 Å². The zero-order valence-electron chi connectivity index (χ0n) is 15.7. The molecule has 2 fully saturated rings. The topological polar surface area (TPSA) is 119 Å². The minimum atomic E-state index is -1.43. The summed E-state index contributed by atoms with van der Waals surface area (Å²) in [5, 5.41) is 18.0. The Labute approximate surface area is 162 Å². The van der Waals surface area contributed by atoms with Gasteiger partial charge in [0.1, 0.15) is 12.1 Å². The Morgan fingerprint density at radius 1 is 1.18 bits per heavy atom. The summed E-state index contributed by atoms with van der Waals surface area (Å²) in [7, 11) is 1.66. The summed E-state index contributed by atoms with van der Waals surface area (Å²) in [5.74, 6) is -1.57. The van der Waals surface area contributed by atoms with E-state index in [1.807, 2.05) is 30.3 Å². The van der Waals surface area contributed by atoms with Crippen LogP contribution in [0.2, 0.25) is 0 Å². The number of hydrogen-bond acceptors (Lipinski definition) is 6. The maximum atomic E-state index is 13.2. The summed E-state index contributed by atoms with van der Waals surface area (Å²) in [6.07, 6.45) is -1.30. The van der Waals surface area contributed by atoms with Gasteiger partial charge >= 0.3 is 6.16 Å². The second kappa shape index (κ2) is 8.57. The van der Waals surface area contributed by atoms with E-state index < -0.39 is 30.1 Å². The van der Waals surface area contributed by atoms with Crippen LogP contribution in [0, 0.1) is 5.92 Å². The van der Waals surface area contributed by atoms with E-state index >= 15 is 0 Å². The van der Waals surface area contributed by atoms with Crippen molar-refractivity contribution in [1.82, 2.24) is 15.3 Å². The lowest BCUT2D eigenvalue weighted by Gasteiger charge is -2.41. The normalized spacial score (nSPS) is 28.0. The van der Waals surface area contributed by atoms with Gasteiger partial charge in [-0.3, -0.25) is 19.7 Å². The summed E-state index contributed by atoms with van der Waals surface area (Å²) in [4.78, 5) is 39.6. The minimum absolute atomic E-state index is 0.0371. The van der Waals surface area contributed by atoms with Crippen molar-refractivity contribution in [3.05, 3.63) is 35.9 Å². The predicted octanol–water partition coefficient (Wildman–Crippen LogP) is 0.891. The van der Waals surface area contributed by atoms with E-state index in [2.05, 4.69) is 0 Å². The van der Waals surface area contributed by atoms with Crippen molar-refractivity contribution in [2.75, 3.05) is 26.7 Å². The van der Waals surface area contributed by atoms with E-state index in [0.717, 1.165) is 6.42 Å². The van der Waals surface area contributed by atoms with Crippen LogP contribution in [0.1, 0.15) is 24.3 Å². The Kier molecular flexibility index (Phi) is 6.15. The van der Waals surface area contributed by atoms with E-state index in [0.29, 0.717) is 13.1 Å². The molecule has 0 unspecified atom stereocenters. The van der Waals surface area contributed by atoms with Crippen LogP contribution in [-0.2, 0) is 14.3 Å². The lowest BCUT2D eigenvalue weighted by molar-refractivity contribution is -0.151. The molecule has 3 rings (SSSR count). The highest BCUT2D eigenvalue weighted by Gasteiger charge is 2.46. The third kappa shape index (κ3) is 4.26. The van der Waals surface area contributed by atoms with Gasteiger partial charge in [0.05, 0.1) is 5.92 Å². The first-order chi connectivity index (χ1) is 13.4. The number of rotatable bonds is 4. The smallest absolute Gasteiger partial charge is 0.450 e. The third-order valence-corrected chi connectivity index (χ3v) is 5.60. The number of ether oxygens (including phenoxy) is 1. The maximum Gasteiger partial charge on any atom is 0.506 e. The summed E-state index contributed by atoms with van der Waals surface area (Å²) in [6.45, 7) is 1.36. The zero-order chi connectivity index (χ0) is 20.3. The van der Waals surface area contributed by atoms with Crippen LogP contribution in [-0.4, -0.2) is 76.9 Å². The van der Waals surface area contributed by atoms with Gasteiger partial charge in [-0.25, -0.2) is 10.3 Å². The number of carbonyl (C=O) groups is 3. The van der Waals surface area contributed by atoms with Gasteiger partial charge in [0.25, 0.3) is 0 Å².